The number of fused-ring (bicyclic) bond motifs is 1. The molecule has 2 heterocycles. The first-order chi connectivity index (χ1) is 10.2. The predicted octanol–water partition coefficient (Wildman–Crippen LogP) is 1.42. The van der Waals surface area contributed by atoms with Crippen LogP contribution in [0, 0.1) is 5.92 Å². The highest BCUT2D eigenvalue weighted by Crippen LogP contribution is 2.31. The van der Waals surface area contributed by atoms with E-state index in [1.54, 1.807) is 0 Å². The molecule has 1 fully saturated rings. The zero-order valence-corrected chi connectivity index (χ0v) is 12.4. The Morgan fingerprint density at radius 1 is 1.33 bits per heavy atom. The van der Waals surface area contributed by atoms with Crippen molar-refractivity contribution in [2.45, 2.75) is 19.4 Å². The summed E-state index contributed by atoms with van der Waals surface area (Å²) in [5, 5.41) is 3.29. The Bertz CT molecular complexity index is 512. The molecular weight excluding hydrogens is 268 g/mol. The van der Waals surface area contributed by atoms with Gasteiger partial charge in [0.2, 0.25) is 5.91 Å². The summed E-state index contributed by atoms with van der Waals surface area (Å²) in [6.45, 7) is 3.60. The van der Waals surface area contributed by atoms with Crippen molar-refractivity contribution in [1.82, 2.24) is 10.2 Å². The van der Waals surface area contributed by atoms with Gasteiger partial charge in [0.25, 0.3) is 0 Å². The van der Waals surface area contributed by atoms with Crippen LogP contribution in [0.3, 0.4) is 0 Å². The number of ether oxygens (including phenoxy) is 2. The zero-order valence-electron chi connectivity index (χ0n) is 12.4. The number of rotatable bonds is 3. The van der Waals surface area contributed by atoms with Gasteiger partial charge >= 0.3 is 0 Å². The van der Waals surface area contributed by atoms with Crippen molar-refractivity contribution >= 4 is 5.91 Å². The van der Waals surface area contributed by atoms with Crippen LogP contribution in [0.2, 0.25) is 0 Å². The second-order valence-electron chi connectivity index (χ2n) is 5.72. The quantitative estimate of drug-likeness (QED) is 0.914. The topological polar surface area (TPSA) is 50.8 Å². The van der Waals surface area contributed by atoms with Gasteiger partial charge < -0.3 is 19.7 Å². The molecule has 2 aliphatic heterocycles. The molecule has 1 saturated heterocycles. The van der Waals surface area contributed by atoms with Crippen LogP contribution in [-0.4, -0.2) is 44.2 Å². The Kier molecular flexibility index (Phi) is 4.29. The van der Waals surface area contributed by atoms with Crippen molar-refractivity contribution in [3.05, 3.63) is 23.8 Å². The van der Waals surface area contributed by atoms with E-state index in [9.17, 15) is 4.79 Å². The molecule has 0 radical (unpaired) electrons. The number of carbonyl (C=O) groups excluding carboxylic acids is 1. The van der Waals surface area contributed by atoms with Crippen LogP contribution in [0.15, 0.2) is 18.2 Å². The molecule has 5 nitrogen and oxygen atoms in total. The van der Waals surface area contributed by atoms with E-state index in [0.29, 0.717) is 19.8 Å². The molecule has 0 unspecified atom stereocenters. The summed E-state index contributed by atoms with van der Waals surface area (Å²) >= 11 is 0. The van der Waals surface area contributed by atoms with E-state index in [2.05, 4.69) is 5.32 Å². The zero-order chi connectivity index (χ0) is 14.7. The molecule has 0 saturated carbocycles. The van der Waals surface area contributed by atoms with Crippen molar-refractivity contribution in [2.24, 2.45) is 5.92 Å². The fourth-order valence-electron chi connectivity index (χ4n) is 2.91. The lowest BCUT2D eigenvalue weighted by Gasteiger charge is -2.27. The van der Waals surface area contributed by atoms with Gasteiger partial charge in [-0.1, -0.05) is 6.07 Å². The Balaban J connectivity index is 1.63. The van der Waals surface area contributed by atoms with Crippen molar-refractivity contribution in [3.63, 3.8) is 0 Å². The summed E-state index contributed by atoms with van der Waals surface area (Å²) in [6, 6.07) is 5.89. The Hall–Kier alpha value is -1.75. The second-order valence-corrected chi connectivity index (χ2v) is 5.72. The van der Waals surface area contributed by atoms with E-state index in [0.717, 1.165) is 43.0 Å². The first-order valence-corrected chi connectivity index (χ1v) is 7.58. The summed E-state index contributed by atoms with van der Waals surface area (Å²) in [5.74, 6) is 1.90. The van der Waals surface area contributed by atoms with Gasteiger partial charge in [-0.3, -0.25) is 4.79 Å². The van der Waals surface area contributed by atoms with E-state index in [1.165, 1.54) is 0 Å². The maximum Gasteiger partial charge on any atom is 0.227 e. The van der Waals surface area contributed by atoms with Gasteiger partial charge in [-0.25, -0.2) is 0 Å². The minimum atomic E-state index is 0.112. The normalized spacial score (nSPS) is 20.9. The van der Waals surface area contributed by atoms with Gasteiger partial charge in [0.15, 0.2) is 11.5 Å². The summed E-state index contributed by atoms with van der Waals surface area (Å²) in [6.07, 6.45) is 2.06. The van der Waals surface area contributed by atoms with Crippen molar-refractivity contribution in [2.75, 3.05) is 33.4 Å². The Morgan fingerprint density at radius 2 is 2.14 bits per heavy atom. The number of piperidine rings is 1. The Labute approximate surface area is 125 Å². The molecule has 1 atom stereocenters. The van der Waals surface area contributed by atoms with Crippen molar-refractivity contribution in [3.8, 4) is 11.5 Å². The average molecular weight is 290 g/mol. The van der Waals surface area contributed by atoms with Crippen LogP contribution in [-0.2, 0) is 11.3 Å². The molecule has 1 aromatic carbocycles. The van der Waals surface area contributed by atoms with Gasteiger partial charge in [-0.05, 0) is 37.1 Å². The number of amides is 1. The van der Waals surface area contributed by atoms with E-state index < -0.39 is 0 Å². The van der Waals surface area contributed by atoms with Crippen LogP contribution in [0.4, 0.5) is 0 Å². The first-order valence-electron chi connectivity index (χ1n) is 7.58. The summed E-state index contributed by atoms with van der Waals surface area (Å²) in [7, 11) is 1.87. The smallest absolute Gasteiger partial charge is 0.227 e. The molecule has 1 aromatic rings. The summed E-state index contributed by atoms with van der Waals surface area (Å²) < 4.78 is 11.1. The molecule has 2 aliphatic rings. The van der Waals surface area contributed by atoms with Gasteiger partial charge in [-0.15, -0.1) is 0 Å². The third-order valence-corrected chi connectivity index (χ3v) is 4.05. The molecule has 3 rings (SSSR count). The van der Waals surface area contributed by atoms with E-state index in [4.69, 9.17) is 9.47 Å². The SMILES string of the molecule is CN(Cc1ccc2c(c1)OCCO2)C(=O)[C@H]1CCCNC1. The van der Waals surface area contributed by atoms with Crippen molar-refractivity contribution in [1.29, 1.82) is 0 Å². The fraction of sp³-hybridized carbons (Fsp3) is 0.562. The average Bonchev–Trinajstić information content (AvgIpc) is 2.55. The molecule has 0 bridgehead atoms. The molecule has 1 amide bonds. The van der Waals surface area contributed by atoms with Crippen LogP contribution in [0.5, 0.6) is 11.5 Å². The maximum absolute atomic E-state index is 12.4. The number of nitrogens with one attached hydrogen (secondary N) is 1. The lowest BCUT2D eigenvalue weighted by molar-refractivity contribution is -0.135. The van der Waals surface area contributed by atoms with Crippen LogP contribution >= 0.6 is 0 Å². The van der Waals surface area contributed by atoms with E-state index >= 15 is 0 Å². The third-order valence-electron chi connectivity index (χ3n) is 4.05. The lowest BCUT2D eigenvalue weighted by atomic mass is 9.98. The molecule has 0 aliphatic carbocycles. The van der Waals surface area contributed by atoms with Gasteiger partial charge in [0.05, 0.1) is 5.92 Å². The van der Waals surface area contributed by atoms with E-state index in [-0.39, 0.29) is 11.8 Å². The maximum atomic E-state index is 12.4. The fourth-order valence-corrected chi connectivity index (χ4v) is 2.91. The number of benzene rings is 1. The van der Waals surface area contributed by atoms with E-state index in [1.807, 2.05) is 30.1 Å². The minimum absolute atomic E-state index is 0.112. The minimum Gasteiger partial charge on any atom is -0.486 e. The highest BCUT2D eigenvalue weighted by atomic mass is 16.6. The molecular formula is C16H22N2O3. The van der Waals surface area contributed by atoms with Crippen LogP contribution < -0.4 is 14.8 Å². The molecule has 114 valence electrons. The highest BCUT2D eigenvalue weighted by molar-refractivity contribution is 5.79. The first kappa shape index (κ1) is 14.2. The standard InChI is InChI=1S/C16H22N2O3/c1-18(16(19)13-3-2-6-17-10-13)11-12-4-5-14-15(9-12)21-8-7-20-14/h4-5,9,13,17H,2-3,6-8,10-11H2,1H3/t13-/m0/s1. The number of carbonyl (C=O) groups is 1. The monoisotopic (exact) mass is 290 g/mol. The summed E-state index contributed by atoms with van der Waals surface area (Å²) in [4.78, 5) is 14.2. The largest absolute Gasteiger partial charge is 0.486 e. The molecule has 21 heavy (non-hydrogen) atoms. The second kappa shape index (κ2) is 6.35. The molecule has 5 heteroatoms. The molecule has 0 aromatic heterocycles. The Morgan fingerprint density at radius 3 is 2.90 bits per heavy atom. The predicted molar refractivity (Wildman–Crippen MR) is 79.5 cm³/mol. The van der Waals surface area contributed by atoms with Gasteiger partial charge in [0, 0.05) is 20.1 Å². The summed E-state index contributed by atoms with van der Waals surface area (Å²) in [5.41, 5.74) is 1.07. The lowest BCUT2D eigenvalue weighted by Crippen LogP contribution is -2.41. The molecule has 1 N–H and O–H groups in total. The number of hydrogen-bond acceptors (Lipinski definition) is 4. The van der Waals surface area contributed by atoms with Gasteiger partial charge in [-0.2, -0.15) is 0 Å². The highest BCUT2D eigenvalue weighted by Gasteiger charge is 2.24. The number of nitrogens with zero attached hydrogens (tertiary/aromatic N) is 1. The third kappa shape index (κ3) is 3.29. The van der Waals surface area contributed by atoms with Crippen LogP contribution in [0.1, 0.15) is 18.4 Å². The van der Waals surface area contributed by atoms with Crippen LogP contribution in [0.25, 0.3) is 0 Å². The molecule has 0 spiro atoms. The van der Waals surface area contributed by atoms with Gasteiger partial charge in [0.1, 0.15) is 13.2 Å². The number of hydrogen-bond donors (Lipinski definition) is 1. The van der Waals surface area contributed by atoms with Crippen molar-refractivity contribution < 1.29 is 14.3 Å².